The molecule has 0 atom stereocenters. The molecule has 0 fully saturated rings. The van der Waals surface area contributed by atoms with Crippen molar-refractivity contribution in [3.63, 3.8) is 0 Å². The molecular formula is C32H30FNO3. The number of halogens is 1. The Bertz CT molecular complexity index is 1660. The minimum absolute atomic E-state index is 0.0536. The molecule has 0 saturated heterocycles. The van der Waals surface area contributed by atoms with Gasteiger partial charge in [0, 0.05) is 33.1 Å². The van der Waals surface area contributed by atoms with Gasteiger partial charge in [0.2, 0.25) is 0 Å². The number of aromatic nitrogens is 1. The van der Waals surface area contributed by atoms with Crippen molar-refractivity contribution in [2.45, 2.75) is 46.0 Å². The van der Waals surface area contributed by atoms with Gasteiger partial charge in [0.15, 0.2) is 0 Å². The number of carbonyl (C=O) groups excluding carboxylic acids is 1. The fourth-order valence-electron chi connectivity index (χ4n) is 4.94. The highest BCUT2D eigenvalue weighted by Crippen LogP contribution is 2.47. The highest BCUT2D eigenvalue weighted by Gasteiger charge is 2.29. The van der Waals surface area contributed by atoms with Crippen LogP contribution in [0.15, 0.2) is 72.8 Å². The van der Waals surface area contributed by atoms with Crippen LogP contribution in [-0.2, 0) is 5.41 Å². The third-order valence-electron chi connectivity index (χ3n) is 6.75. The lowest BCUT2D eigenvalue weighted by Gasteiger charge is -2.22. The van der Waals surface area contributed by atoms with E-state index >= 15 is 0 Å². The van der Waals surface area contributed by atoms with E-state index in [1.165, 1.54) is 12.1 Å². The number of fused-ring (bicyclic) bond motifs is 2. The molecule has 0 aliphatic heterocycles. The van der Waals surface area contributed by atoms with Gasteiger partial charge in [-0.25, -0.2) is 9.18 Å². The number of phenolic OH excluding ortho intramolecular Hbond substituents is 1. The molecule has 0 radical (unpaired) electrons. The van der Waals surface area contributed by atoms with Gasteiger partial charge in [0.25, 0.3) is 0 Å². The smallest absolute Gasteiger partial charge is 0.347 e. The molecule has 37 heavy (non-hydrogen) atoms. The Balaban J connectivity index is 1.79. The summed E-state index contributed by atoms with van der Waals surface area (Å²) in [5.74, 6) is -0.610. The van der Waals surface area contributed by atoms with E-state index in [2.05, 4.69) is 25.8 Å². The topological polar surface area (TPSA) is 62.3 Å². The van der Waals surface area contributed by atoms with Gasteiger partial charge in [0.05, 0.1) is 0 Å². The minimum Gasteiger partial charge on any atom is -0.506 e. The van der Waals surface area contributed by atoms with Crippen LogP contribution in [-0.4, -0.2) is 16.1 Å². The van der Waals surface area contributed by atoms with Crippen LogP contribution in [0.5, 0.6) is 11.5 Å². The molecule has 0 spiro atoms. The Labute approximate surface area is 215 Å². The van der Waals surface area contributed by atoms with E-state index in [4.69, 9.17) is 4.74 Å². The lowest BCUT2D eigenvalue weighted by atomic mass is 9.84. The number of aromatic amines is 1. The standard InChI is InChI=1S/C32H30FNO3/c1-18(2)21-11-8-9-13-26(21)37-31(36)24-16-19-10-6-7-12-22(19)27(29(24)35)28-23-17-20(33)14-15-25(23)34-30(28)32(3,4)5/h6-18,34-35H,1-5H3. The van der Waals surface area contributed by atoms with Gasteiger partial charge in [0.1, 0.15) is 22.9 Å². The summed E-state index contributed by atoms with van der Waals surface area (Å²) >= 11 is 0. The molecule has 0 bridgehead atoms. The number of esters is 1. The lowest BCUT2D eigenvalue weighted by Crippen LogP contribution is -2.14. The van der Waals surface area contributed by atoms with E-state index in [9.17, 15) is 14.3 Å². The van der Waals surface area contributed by atoms with E-state index < -0.39 is 5.97 Å². The molecule has 188 valence electrons. The third-order valence-corrected chi connectivity index (χ3v) is 6.75. The molecule has 4 nitrogen and oxygen atoms in total. The van der Waals surface area contributed by atoms with E-state index in [0.29, 0.717) is 22.3 Å². The number of ether oxygens (including phenoxy) is 1. The van der Waals surface area contributed by atoms with Crippen LogP contribution >= 0.6 is 0 Å². The first-order chi connectivity index (χ1) is 17.6. The first-order valence-electron chi connectivity index (χ1n) is 12.4. The average Bonchev–Trinajstić information content (AvgIpc) is 3.22. The van der Waals surface area contributed by atoms with Crippen LogP contribution in [0.25, 0.3) is 32.8 Å². The Morgan fingerprint density at radius 1 is 0.919 bits per heavy atom. The van der Waals surface area contributed by atoms with E-state index in [-0.39, 0.29) is 28.5 Å². The summed E-state index contributed by atoms with van der Waals surface area (Å²) in [4.78, 5) is 17.0. The van der Waals surface area contributed by atoms with Gasteiger partial charge in [-0.3, -0.25) is 0 Å². The number of carbonyl (C=O) groups is 1. The summed E-state index contributed by atoms with van der Waals surface area (Å²) in [6, 6.07) is 21.2. The van der Waals surface area contributed by atoms with Gasteiger partial charge in [-0.05, 0) is 52.6 Å². The predicted molar refractivity (Wildman–Crippen MR) is 147 cm³/mol. The van der Waals surface area contributed by atoms with Crippen molar-refractivity contribution < 1.29 is 19.0 Å². The second-order valence-electron chi connectivity index (χ2n) is 10.8. The number of aromatic hydroxyl groups is 1. The van der Waals surface area contributed by atoms with Gasteiger partial charge >= 0.3 is 5.97 Å². The van der Waals surface area contributed by atoms with Crippen LogP contribution in [0.1, 0.15) is 62.2 Å². The molecule has 0 aliphatic rings. The summed E-state index contributed by atoms with van der Waals surface area (Å²) < 4.78 is 20.3. The fourth-order valence-corrected chi connectivity index (χ4v) is 4.94. The number of nitrogens with one attached hydrogen (secondary N) is 1. The number of benzene rings is 4. The van der Waals surface area contributed by atoms with E-state index in [1.807, 2.05) is 56.3 Å². The normalized spacial score (nSPS) is 12.0. The van der Waals surface area contributed by atoms with Crippen LogP contribution in [0.2, 0.25) is 0 Å². The second-order valence-corrected chi connectivity index (χ2v) is 10.8. The van der Waals surface area contributed by atoms with Crippen LogP contribution in [0, 0.1) is 5.82 Å². The van der Waals surface area contributed by atoms with Crippen molar-refractivity contribution in [1.82, 2.24) is 4.98 Å². The fraction of sp³-hybridized carbons (Fsp3) is 0.219. The summed E-state index contributed by atoms with van der Waals surface area (Å²) in [6.07, 6.45) is 0. The minimum atomic E-state index is -0.652. The maximum atomic E-state index is 14.5. The number of phenols is 1. The van der Waals surface area contributed by atoms with Crippen molar-refractivity contribution in [2.24, 2.45) is 0 Å². The molecule has 0 unspecified atom stereocenters. The summed E-state index contributed by atoms with van der Waals surface area (Å²) in [5.41, 5.74) is 3.34. The number of rotatable bonds is 4. The van der Waals surface area contributed by atoms with E-state index in [1.54, 1.807) is 18.2 Å². The molecule has 5 aromatic rings. The number of hydrogen-bond acceptors (Lipinski definition) is 3. The molecule has 1 aromatic heterocycles. The quantitative estimate of drug-likeness (QED) is 0.194. The largest absolute Gasteiger partial charge is 0.506 e. The Morgan fingerprint density at radius 3 is 2.35 bits per heavy atom. The van der Waals surface area contributed by atoms with Gasteiger partial charge in [-0.1, -0.05) is 77.1 Å². The predicted octanol–water partition coefficient (Wildman–Crippen LogP) is 8.47. The summed E-state index contributed by atoms with van der Waals surface area (Å²) in [7, 11) is 0. The lowest BCUT2D eigenvalue weighted by molar-refractivity contribution is 0.0730. The third kappa shape index (κ3) is 4.35. The average molecular weight is 496 g/mol. The zero-order valence-electron chi connectivity index (χ0n) is 21.6. The zero-order valence-corrected chi connectivity index (χ0v) is 21.6. The van der Waals surface area contributed by atoms with Crippen molar-refractivity contribution in [2.75, 3.05) is 0 Å². The molecule has 1 heterocycles. The molecule has 5 heteroatoms. The molecular weight excluding hydrogens is 465 g/mol. The van der Waals surface area contributed by atoms with Crippen molar-refractivity contribution in [3.05, 3.63) is 95.4 Å². The maximum absolute atomic E-state index is 14.5. The van der Waals surface area contributed by atoms with E-state index in [0.717, 1.165) is 27.5 Å². The van der Waals surface area contributed by atoms with Crippen molar-refractivity contribution in [3.8, 4) is 22.6 Å². The number of para-hydroxylation sites is 1. The Morgan fingerprint density at radius 2 is 1.62 bits per heavy atom. The monoisotopic (exact) mass is 495 g/mol. The summed E-state index contributed by atoms with van der Waals surface area (Å²) in [6.45, 7) is 10.2. The van der Waals surface area contributed by atoms with Crippen LogP contribution < -0.4 is 4.74 Å². The molecule has 2 N–H and O–H groups in total. The van der Waals surface area contributed by atoms with Crippen LogP contribution in [0.3, 0.4) is 0 Å². The molecule has 0 saturated carbocycles. The van der Waals surface area contributed by atoms with Gasteiger partial charge < -0.3 is 14.8 Å². The Hall–Kier alpha value is -4.12. The highest BCUT2D eigenvalue weighted by atomic mass is 19.1. The van der Waals surface area contributed by atoms with Crippen LogP contribution in [0.4, 0.5) is 4.39 Å². The van der Waals surface area contributed by atoms with Gasteiger partial charge in [-0.15, -0.1) is 0 Å². The SMILES string of the molecule is CC(C)c1ccccc1OC(=O)c1cc2ccccc2c(-c2c(C(C)(C)C)[nH]c3ccc(F)cc23)c1O. The Kier molecular flexibility index (Phi) is 6.03. The molecule has 5 rings (SSSR count). The van der Waals surface area contributed by atoms with Gasteiger partial charge in [-0.2, -0.15) is 0 Å². The zero-order chi connectivity index (χ0) is 26.5. The maximum Gasteiger partial charge on any atom is 0.347 e. The molecule has 4 aromatic carbocycles. The second kappa shape index (κ2) is 9.07. The van der Waals surface area contributed by atoms with Crippen molar-refractivity contribution in [1.29, 1.82) is 0 Å². The first-order valence-corrected chi connectivity index (χ1v) is 12.4. The summed E-state index contributed by atoms with van der Waals surface area (Å²) in [5, 5.41) is 13.9. The highest BCUT2D eigenvalue weighted by molar-refractivity contribution is 6.13. The van der Waals surface area contributed by atoms with Crippen molar-refractivity contribution >= 4 is 27.6 Å². The number of hydrogen-bond donors (Lipinski definition) is 2. The molecule has 0 aliphatic carbocycles. The molecule has 0 amide bonds. The number of H-pyrrole nitrogens is 1. The first kappa shape index (κ1) is 24.6.